The maximum atomic E-state index is 10.5. The Labute approximate surface area is 113 Å². The Balaban J connectivity index is 2.35. The van der Waals surface area contributed by atoms with Gasteiger partial charge in [-0.1, -0.05) is 19.4 Å². The van der Waals surface area contributed by atoms with Gasteiger partial charge in [0.2, 0.25) is 0 Å². The summed E-state index contributed by atoms with van der Waals surface area (Å²) in [6.07, 6.45) is 2.81. The minimum atomic E-state index is -0.741. The first-order chi connectivity index (χ1) is 9.15. The van der Waals surface area contributed by atoms with E-state index >= 15 is 0 Å². The quantitative estimate of drug-likeness (QED) is 0.751. The van der Waals surface area contributed by atoms with Gasteiger partial charge in [0.25, 0.3) is 0 Å². The van der Waals surface area contributed by atoms with E-state index in [4.69, 9.17) is 10.4 Å². The standard InChI is InChI=1S/C14H19N3O2/c1-2-11(6-7-14(18)19)8-9-16-13-5-3-4-12(10-15)17-13/h3-5,11H,2,6-9H2,1H3,(H,16,17)(H,18,19). The van der Waals surface area contributed by atoms with Crippen LogP contribution in [0, 0.1) is 17.2 Å². The van der Waals surface area contributed by atoms with Crippen LogP contribution in [0.4, 0.5) is 5.82 Å². The Morgan fingerprint density at radius 2 is 2.32 bits per heavy atom. The highest BCUT2D eigenvalue weighted by atomic mass is 16.4. The monoisotopic (exact) mass is 261 g/mol. The van der Waals surface area contributed by atoms with E-state index in [-0.39, 0.29) is 6.42 Å². The van der Waals surface area contributed by atoms with Crippen molar-refractivity contribution in [3.8, 4) is 6.07 Å². The number of carboxylic acids is 1. The molecule has 5 heteroatoms. The molecule has 0 amide bonds. The minimum Gasteiger partial charge on any atom is -0.481 e. The number of pyridine rings is 1. The molecule has 0 saturated heterocycles. The smallest absolute Gasteiger partial charge is 0.303 e. The maximum Gasteiger partial charge on any atom is 0.303 e. The Morgan fingerprint density at radius 1 is 1.53 bits per heavy atom. The van der Waals surface area contributed by atoms with Crippen LogP contribution in [0.5, 0.6) is 0 Å². The fraction of sp³-hybridized carbons (Fsp3) is 0.500. The van der Waals surface area contributed by atoms with Crippen molar-refractivity contribution in [2.45, 2.75) is 32.6 Å². The van der Waals surface area contributed by atoms with Crippen LogP contribution in [-0.2, 0) is 4.79 Å². The number of aromatic nitrogens is 1. The molecule has 0 saturated carbocycles. The molecule has 0 aliphatic rings. The fourth-order valence-electron chi connectivity index (χ4n) is 1.88. The van der Waals surface area contributed by atoms with Crippen LogP contribution in [0.3, 0.4) is 0 Å². The highest BCUT2D eigenvalue weighted by molar-refractivity contribution is 5.66. The van der Waals surface area contributed by atoms with Crippen molar-refractivity contribution >= 4 is 11.8 Å². The zero-order valence-electron chi connectivity index (χ0n) is 11.1. The third-order valence-corrected chi connectivity index (χ3v) is 3.07. The van der Waals surface area contributed by atoms with Gasteiger partial charge in [-0.05, 0) is 30.9 Å². The van der Waals surface area contributed by atoms with Gasteiger partial charge in [0.15, 0.2) is 0 Å². The van der Waals surface area contributed by atoms with Crippen LogP contribution in [0.2, 0.25) is 0 Å². The van der Waals surface area contributed by atoms with Crippen LogP contribution < -0.4 is 5.32 Å². The van der Waals surface area contributed by atoms with Crippen molar-refractivity contribution in [1.82, 2.24) is 4.98 Å². The Morgan fingerprint density at radius 3 is 2.95 bits per heavy atom. The average Bonchev–Trinajstić information content (AvgIpc) is 2.42. The van der Waals surface area contributed by atoms with Gasteiger partial charge in [0.05, 0.1) is 0 Å². The molecule has 1 atom stereocenters. The molecule has 19 heavy (non-hydrogen) atoms. The third kappa shape index (κ3) is 5.87. The third-order valence-electron chi connectivity index (χ3n) is 3.07. The van der Waals surface area contributed by atoms with Crippen molar-refractivity contribution in [2.75, 3.05) is 11.9 Å². The predicted octanol–water partition coefficient (Wildman–Crippen LogP) is 2.65. The molecule has 1 aromatic heterocycles. The SMILES string of the molecule is CCC(CCNc1cccc(C#N)n1)CCC(=O)O. The highest BCUT2D eigenvalue weighted by Gasteiger charge is 2.08. The van der Waals surface area contributed by atoms with E-state index in [9.17, 15) is 4.79 Å². The van der Waals surface area contributed by atoms with E-state index in [0.29, 0.717) is 23.9 Å². The summed E-state index contributed by atoms with van der Waals surface area (Å²) in [5.41, 5.74) is 0.392. The van der Waals surface area contributed by atoms with Gasteiger partial charge in [0, 0.05) is 13.0 Å². The van der Waals surface area contributed by atoms with E-state index in [1.54, 1.807) is 12.1 Å². The number of anilines is 1. The number of carbonyl (C=O) groups is 1. The molecule has 5 nitrogen and oxygen atoms in total. The Hall–Kier alpha value is -2.09. The second kappa shape index (κ2) is 8.09. The highest BCUT2D eigenvalue weighted by Crippen LogP contribution is 2.15. The number of hydrogen-bond acceptors (Lipinski definition) is 4. The molecular weight excluding hydrogens is 242 g/mol. The molecule has 0 fully saturated rings. The minimum absolute atomic E-state index is 0.223. The number of nitrogens with one attached hydrogen (secondary N) is 1. The normalized spacial score (nSPS) is 11.6. The van der Waals surface area contributed by atoms with Gasteiger partial charge in [-0.15, -0.1) is 0 Å². The van der Waals surface area contributed by atoms with Crippen LogP contribution in [-0.4, -0.2) is 22.6 Å². The summed E-state index contributed by atoms with van der Waals surface area (Å²) < 4.78 is 0. The summed E-state index contributed by atoms with van der Waals surface area (Å²) in [6.45, 7) is 2.81. The van der Waals surface area contributed by atoms with Crippen LogP contribution in [0.15, 0.2) is 18.2 Å². The second-order valence-corrected chi connectivity index (χ2v) is 4.44. The van der Waals surface area contributed by atoms with Crippen molar-refractivity contribution in [1.29, 1.82) is 5.26 Å². The van der Waals surface area contributed by atoms with E-state index in [1.165, 1.54) is 0 Å². The second-order valence-electron chi connectivity index (χ2n) is 4.44. The zero-order chi connectivity index (χ0) is 14.1. The Bertz CT molecular complexity index is 454. The van der Waals surface area contributed by atoms with Gasteiger partial charge < -0.3 is 10.4 Å². The van der Waals surface area contributed by atoms with E-state index in [2.05, 4.69) is 17.2 Å². The first kappa shape index (κ1) is 15.0. The molecule has 0 aliphatic heterocycles. The molecule has 2 N–H and O–H groups in total. The molecule has 1 aromatic rings. The molecule has 1 rings (SSSR count). The summed E-state index contributed by atoms with van der Waals surface area (Å²) >= 11 is 0. The number of nitriles is 1. The lowest BCUT2D eigenvalue weighted by Crippen LogP contribution is -2.11. The molecule has 0 bridgehead atoms. The van der Waals surface area contributed by atoms with Gasteiger partial charge in [-0.25, -0.2) is 4.98 Å². The van der Waals surface area contributed by atoms with Gasteiger partial charge in [-0.3, -0.25) is 4.79 Å². The molecule has 0 spiro atoms. The summed E-state index contributed by atoms with van der Waals surface area (Å²) in [5.74, 6) is 0.352. The van der Waals surface area contributed by atoms with Crippen molar-refractivity contribution < 1.29 is 9.90 Å². The van der Waals surface area contributed by atoms with Gasteiger partial charge >= 0.3 is 5.97 Å². The van der Waals surface area contributed by atoms with E-state index < -0.39 is 5.97 Å². The lowest BCUT2D eigenvalue weighted by molar-refractivity contribution is -0.137. The van der Waals surface area contributed by atoms with Crippen LogP contribution in [0.25, 0.3) is 0 Å². The summed E-state index contributed by atoms with van der Waals surface area (Å²) in [4.78, 5) is 14.7. The summed E-state index contributed by atoms with van der Waals surface area (Å²) in [5, 5.41) is 20.6. The predicted molar refractivity (Wildman–Crippen MR) is 72.7 cm³/mol. The lowest BCUT2D eigenvalue weighted by atomic mass is 9.97. The fourth-order valence-corrected chi connectivity index (χ4v) is 1.88. The molecule has 1 heterocycles. The molecule has 1 unspecified atom stereocenters. The van der Waals surface area contributed by atoms with Gasteiger partial charge in [0.1, 0.15) is 17.6 Å². The van der Waals surface area contributed by atoms with Crippen molar-refractivity contribution in [3.63, 3.8) is 0 Å². The summed E-state index contributed by atoms with van der Waals surface area (Å²) in [7, 11) is 0. The first-order valence-electron chi connectivity index (χ1n) is 6.48. The molecule has 0 aliphatic carbocycles. The van der Waals surface area contributed by atoms with E-state index in [1.807, 2.05) is 12.1 Å². The van der Waals surface area contributed by atoms with Gasteiger partial charge in [-0.2, -0.15) is 5.26 Å². The van der Waals surface area contributed by atoms with Crippen LogP contribution >= 0.6 is 0 Å². The first-order valence-corrected chi connectivity index (χ1v) is 6.48. The van der Waals surface area contributed by atoms with Crippen molar-refractivity contribution in [2.24, 2.45) is 5.92 Å². The molecular formula is C14H19N3O2. The maximum absolute atomic E-state index is 10.5. The molecule has 0 aromatic carbocycles. The molecule has 102 valence electrons. The Kier molecular flexibility index (Phi) is 6.37. The topological polar surface area (TPSA) is 86.0 Å². The number of hydrogen-bond donors (Lipinski definition) is 2. The number of aliphatic carboxylic acids is 1. The lowest BCUT2D eigenvalue weighted by Gasteiger charge is -2.14. The zero-order valence-corrected chi connectivity index (χ0v) is 11.1. The van der Waals surface area contributed by atoms with Crippen LogP contribution in [0.1, 0.15) is 38.3 Å². The summed E-state index contributed by atoms with van der Waals surface area (Å²) in [6, 6.07) is 7.26. The number of carboxylic acid groups (broad SMARTS) is 1. The average molecular weight is 261 g/mol. The number of rotatable bonds is 8. The number of nitrogens with zero attached hydrogens (tertiary/aromatic N) is 2. The largest absolute Gasteiger partial charge is 0.481 e. The van der Waals surface area contributed by atoms with E-state index in [0.717, 1.165) is 19.4 Å². The molecule has 0 radical (unpaired) electrons. The van der Waals surface area contributed by atoms with Crippen molar-refractivity contribution in [3.05, 3.63) is 23.9 Å².